The third-order valence-electron chi connectivity index (χ3n) is 3.20. The SMILES string of the molecule is Brc1ccc(OP(Oc2ccc(Br)cc2Br)Oc2ccc(Br)cc2Br)c(Br)c1. The molecule has 0 saturated heterocycles. The van der Waals surface area contributed by atoms with Crippen LogP contribution in [0, 0.1) is 0 Å². The fourth-order valence-electron chi connectivity index (χ4n) is 1.94. The van der Waals surface area contributed by atoms with Crippen LogP contribution < -0.4 is 13.6 Å². The Morgan fingerprint density at radius 2 is 0.750 bits per heavy atom. The molecule has 0 aromatic heterocycles. The second-order valence-electron chi connectivity index (χ2n) is 5.22. The topological polar surface area (TPSA) is 27.7 Å². The standard InChI is InChI=1S/C18H9Br6O3P/c19-10-1-4-16(13(22)7-10)25-28(26-17-5-2-11(20)8-14(17)23)27-18-6-3-12(21)9-15(18)24/h1-9H. The molecular formula is C18H9Br6O3P. The Balaban J connectivity index is 1.90. The van der Waals surface area contributed by atoms with Crippen LogP contribution in [0.15, 0.2) is 81.4 Å². The van der Waals surface area contributed by atoms with Gasteiger partial charge in [-0.15, -0.1) is 0 Å². The van der Waals surface area contributed by atoms with Gasteiger partial charge < -0.3 is 13.6 Å². The first-order chi connectivity index (χ1) is 13.3. The van der Waals surface area contributed by atoms with Crippen molar-refractivity contribution in [1.29, 1.82) is 0 Å². The lowest BCUT2D eigenvalue weighted by molar-refractivity contribution is 0.385. The lowest BCUT2D eigenvalue weighted by Crippen LogP contribution is -2.03. The maximum absolute atomic E-state index is 6.07. The Bertz CT molecular complexity index is 874. The Hall–Kier alpha value is 0.370. The van der Waals surface area contributed by atoms with Gasteiger partial charge in [0.15, 0.2) is 0 Å². The molecule has 0 heterocycles. The van der Waals surface area contributed by atoms with E-state index in [1.807, 2.05) is 54.6 Å². The van der Waals surface area contributed by atoms with Gasteiger partial charge in [0.05, 0.1) is 13.4 Å². The van der Waals surface area contributed by atoms with Crippen molar-refractivity contribution in [3.8, 4) is 17.2 Å². The van der Waals surface area contributed by atoms with Crippen LogP contribution in [-0.4, -0.2) is 0 Å². The first-order valence-electron chi connectivity index (χ1n) is 7.51. The van der Waals surface area contributed by atoms with E-state index in [0.717, 1.165) is 26.8 Å². The van der Waals surface area contributed by atoms with Gasteiger partial charge in [-0.05, 0) is 102 Å². The van der Waals surface area contributed by atoms with E-state index in [2.05, 4.69) is 95.6 Å². The van der Waals surface area contributed by atoms with Gasteiger partial charge >= 0.3 is 8.60 Å². The zero-order valence-corrected chi connectivity index (χ0v) is 24.0. The molecule has 3 nitrogen and oxygen atoms in total. The molecule has 3 aromatic carbocycles. The van der Waals surface area contributed by atoms with Crippen molar-refractivity contribution in [2.75, 3.05) is 0 Å². The molecule has 0 atom stereocenters. The normalized spacial score (nSPS) is 10.8. The van der Waals surface area contributed by atoms with Gasteiger partial charge in [-0.2, -0.15) is 0 Å². The summed E-state index contributed by atoms with van der Waals surface area (Å²) in [5.41, 5.74) is 0. The minimum atomic E-state index is -1.80. The van der Waals surface area contributed by atoms with Gasteiger partial charge in [-0.3, -0.25) is 0 Å². The molecule has 0 aliphatic carbocycles. The second-order valence-corrected chi connectivity index (χ2v) is 11.5. The van der Waals surface area contributed by atoms with Crippen molar-refractivity contribution in [2.45, 2.75) is 0 Å². The summed E-state index contributed by atoms with van der Waals surface area (Å²) in [4.78, 5) is 0. The fraction of sp³-hybridized carbons (Fsp3) is 0. The first kappa shape index (κ1) is 23.0. The average molecular weight is 784 g/mol. The van der Waals surface area contributed by atoms with Crippen LogP contribution >= 0.6 is 104 Å². The van der Waals surface area contributed by atoms with Crippen LogP contribution in [0.5, 0.6) is 17.2 Å². The minimum Gasteiger partial charge on any atom is -0.407 e. The summed E-state index contributed by atoms with van der Waals surface area (Å²) in [6, 6.07) is 16.9. The highest BCUT2D eigenvalue weighted by atomic mass is 79.9. The molecule has 10 heteroatoms. The third kappa shape index (κ3) is 6.43. The number of hydrogen-bond donors (Lipinski definition) is 0. The molecule has 0 amide bonds. The van der Waals surface area contributed by atoms with Crippen LogP contribution in [0.2, 0.25) is 0 Å². The lowest BCUT2D eigenvalue weighted by atomic mass is 10.3. The van der Waals surface area contributed by atoms with Gasteiger partial charge in [0.1, 0.15) is 17.2 Å². The van der Waals surface area contributed by atoms with Crippen molar-refractivity contribution >= 4 is 104 Å². The van der Waals surface area contributed by atoms with Gasteiger partial charge in [0, 0.05) is 13.4 Å². The summed E-state index contributed by atoms with van der Waals surface area (Å²) < 4.78 is 23.4. The maximum Gasteiger partial charge on any atom is 0.530 e. The Morgan fingerprint density at radius 3 is 1.00 bits per heavy atom. The molecule has 146 valence electrons. The predicted octanol–water partition coefficient (Wildman–Crippen LogP) is 10.0. The zero-order chi connectivity index (χ0) is 20.3. The highest BCUT2D eigenvalue weighted by Gasteiger charge is 2.23. The van der Waals surface area contributed by atoms with Gasteiger partial charge in [0.25, 0.3) is 0 Å². The summed E-state index contributed by atoms with van der Waals surface area (Å²) in [6.45, 7) is 0. The number of benzene rings is 3. The predicted molar refractivity (Wildman–Crippen MR) is 134 cm³/mol. The highest BCUT2D eigenvalue weighted by molar-refractivity contribution is 9.11. The van der Waals surface area contributed by atoms with Crippen LogP contribution in [-0.2, 0) is 0 Å². The Kier molecular flexibility index (Phi) is 8.72. The number of rotatable bonds is 6. The summed E-state index contributed by atoms with van der Waals surface area (Å²) in [7, 11) is -1.80. The van der Waals surface area contributed by atoms with Crippen molar-refractivity contribution < 1.29 is 13.6 Å². The van der Waals surface area contributed by atoms with E-state index in [1.165, 1.54) is 0 Å². The largest absolute Gasteiger partial charge is 0.530 e. The third-order valence-corrected chi connectivity index (χ3v) is 7.58. The molecule has 3 rings (SSSR count). The van der Waals surface area contributed by atoms with Crippen molar-refractivity contribution in [3.63, 3.8) is 0 Å². The minimum absolute atomic E-state index is 0.607. The van der Waals surface area contributed by atoms with E-state index < -0.39 is 8.60 Å². The first-order valence-corrected chi connectivity index (χ1v) is 13.4. The van der Waals surface area contributed by atoms with E-state index in [0.29, 0.717) is 17.2 Å². The fourth-order valence-corrected chi connectivity index (χ4v) is 6.78. The van der Waals surface area contributed by atoms with E-state index in [1.54, 1.807) is 0 Å². The smallest absolute Gasteiger partial charge is 0.407 e. The monoisotopic (exact) mass is 778 g/mol. The molecule has 0 bridgehead atoms. The molecule has 28 heavy (non-hydrogen) atoms. The van der Waals surface area contributed by atoms with Gasteiger partial charge in [-0.25, -0.2) is 0 Å². The maximum atomic E-state index is 6.07. The van der Waals surface area contributed by atoms with Crippen molar-refractivity contribution in [1.82, 2.24) is 0 Å². The number of hydrogen-bond acceptors (Lipinski definition) is 3. The van der Waals surface area contributed by atoms with Crippen molar-refractivity contribution in [3.05, 3.63) is 81.4 Å². The summed E-state index contributed by atoms with van der Waals surface area (Å²) >= 11 is 20.8. The molecule has 0 aliphatic rings. The van der Waals surface area contributed by atoms with Crippen LogP contribution in [0.1, 0.15) is 0 Å². The summed E-state index contributed by atoms with van der Waals surface area (Å²) in [5, 5.41) is 0. The molecule has 0 N–H and O–H groups in total. The quantitative estimate of drug-likeness (QED) is 0.233. The highest BCUT2D eigenvalue weighted by Crippen LogP contribution is 2.47. The molecule has 0 saturated carbocycles. The van der Waals surface area contributed by atoms with Crippen molar-refractivity contribution in [2.24, 2.45) is 0 Å². The second kappa shape index (κ2) is 10.6. The van der Waals surface area contributed by atoms with E-state index in [4.69, 9.17) is 13.6 Å². The average Bonchev–Trinajstić information content (AvgIpc) is 2.62. The van der Waals surface area contributed by atoms with Crippen LogP contribution in [0.25, 0.3) is 0 Å². The molecule has 3 aromatic rings. The molecule has 0 radical (unpaired) electrons. The van der Waals surface area contributed by atoms with Crippen LogP contribution in [0.4, 0.5) is 0 Å². The Labute approximate surface area is 214 Å². The van der Waals surface area contributed by atoms with Gasteiger partial charge in [-0.1, -0.05) is 47.8 Å². The molecular weight excluding hydrogens is 775 g/mol. The lowest BCUT2D eigenvalue weighted by Gasteiger charge is -2.20. The van der Waals surface area contributed by atoms with E-state index in [9.17, 15) is 0 Å². The summed E-state index contributed by atoms with van der Waals surface area (Å²) in [5.74, 6) is 1.82. The Morgan fingerprint density at radius 1 is 0.464 bits per heavy atom. The number of halogens is 6. The molecule has 0 spiro atoms. The van der Waals surface area contributed by atoms with Gasteiger partial charge in [0.2, 0.25) is 0 Å². The van der Waals surface area contributed by atoms with Crippen LogP contribution in [0.3, 0.4) is 0 Å². The molecule has 0 aliphatic heterocycles. The van der Waals surface area contributed by atoms with E-state index >= 15 is 0 Å². The van der Waals surface area contributed by atoms with E-state index in [-0.39, 0.29) is 0 Å². The summed E-state index contributed by atoms with van der Waals surface area (Å²) in [6.07, 6.45) is 0. The molecule has 0 fully saturated rings. The zero-order valence-electron chi connectivity index (χ0n) is 13.6. The molecule has 0 unspecified atom stereocenters.